The summed E-state index contributed by atoms with van der Waals surface area (Å²) >= 11 is 0. The first-order chi connectivity index (χ1) is 8.13. The van der Waals surface area contributed by atoms with E-state index in [-0.39, 0.29) is 18.4 Å². The van der Waals surface area contributed by atoms with Crippen LogP contribution in [-0.4, -0.2) is 54.9 Å². The fourth-order valence-corrected chi connectivity index (χ4v) is 1.72. The molecule has 1 unspecified atom stereocenters. The number of urea groups is 1. The Morgan fingerprint density at radius 2 is 2.06 bits per heavy atom. The van der Waals surface area contributed by atoms with E-state index in [0.717, 1.165) is 6.42 Å². The smallest absolute Gasteiger partial charge is 0.317 e. The van der Waals surface area contributed by atoms with Crippen LogP contribution in [0.1, 0.15) is 19.8 Å². The Kier molecular flexibility index (Phi) is 5.76. The molecular weight excluding hydrogens is 224 g/mol. The first-order valence-electron chi connectivity index (χ1n) is 5.95. The molecule has 1 aliphatic heterocycles. The molecule has 1 atom stereocenters. The van der Waals surface area contributed by atoms with Crippen molar-refractivity contribution in [2.24, 2.45) is 5.92 Å². The van der Waals surface area contributed by atoms with Crippen LogP contribution in [0.25, 0.3) is 0 Å². The standard InChI is InChI=1S/C11H20N2O4/c1-2-9(7-10(14)15)8-12-11(16)13-3-5-17-6-4-13/h9H,2-8H2,1H3,(H,12,16)(H,14,15). The lowest BCUT2D eigenvalue weighted by molar-refractivity contribution is -0.138. The van der Waals surface area contributed by atoms with E-state index < -0.39 is 5.97 Å². The highest BCUT2D eigenvalue weighted by Gasteiger charge is 2.18. The van der Waals surface area contributed by atoms with Crippen molar-refractivity contribution in [3.8, 4) is 0 Å². The van der Waals surface area contributed by atoms with E-state index in [1.807, 2.05) is 6.92 Å². The Morgan fingerprint density at radius 3 is 2.59 bits per heavy atom. The fourth-order valence-electron chi connectivity index (χ4n) is 1.72. The molecule has 0 aliphatic carbocycles. The van der Waals surface area contributed by atoms with Gasteiger partial charge >= 0.3 is 12.0 Å². The summed E-state index contributed by atoms with van der Waals surface area (Å²) in [5.41, 5.74) is 0. The second-order valence-corrected chi connectivity index (χ2v) is 4.16. The highest BCUT2D eigenvalue weighted by Crippen LogP contribution is 2.07. The van der Waals surface area contributed by atoms with Gasteiger partial charge in [-0.3, -0.25) is 4.79 Å². The van der Waals surface area contributed by atoms with Crippen LogP contribution in [0.2, 0.25) is 0 Å². The molecule has 0 aromatic heterocycles. The maximum atomic E-state index is 11.7. The van der Waals surface area contributed by atoms with Gasteiger partial charge in [0.25, 0.3) is 0 Å². The van der Waals surface area contributed by atoms with Crippen LogP contribution in [-0.2, 0) is 9.53 Å². The molecule has 2 amide bonds. The first kappa shape index (κ1) is 13.8. The van der Waals surface area contributed by atoms with Gasteiger partial charge in [0, 0.05) is 26.1 Å². The summed E-state index contributed by atoms with van der Waals surface area (Å²) in [6.07, 6.45) is 0.843. The van der Waals surface area contributed by atoms with Gasteiger partial charge in [-0.25, -0.2) is 4.79 Å². The topological polar surface area (TPSA) is 78.9 Å². The third-order valence-electron chi connectivity index (χ3n) is 2.88. The Balaban J connectivity index is 2.27. The zero-order valence-electron chi connectivity index (χ0n) is 10.1. The summed E-state index contributed by atoms with van der Waals surface area (Å²) in [4.78, 5) is 24.0. The number of carbonyl (C=O) groups is 2. The Labute approximate surface area is 101 Å². The molecular formula is C11H20N2O4. The Hall–Kier alpha value is -1.30. The van der Waals surface area contributed by atoms with Gasteiger partial charge in [-0.05, 0) is 5.92 Å². The van der Waals surface area contributed by atoms with Crippen LogP contribution in [0, 0.1) is 5.92 Å². The van der Waals surface area contributed by atoms with Crippen molar-refractivity contribution in [3.05, 3.63) is 0 Å². The highest BCUT2D eigenvalue weighted by atomic mass is 16.5. The van der Waals surface area contributed by atoms with Crippen LogP contribution in [0.15, 0.2) is 0 Å². The largest absolute Gasteiger partial charge is 0.481 e. The van der Waals surface area contributed by atoms with Crippen molar-refractivity contribution in [2.45, 2.75) is 19.8 Å². The minimum absolute atomic E-state index is 0.00232. The number of nitrogens with one attached hydrogen (secondary N) is 1. The van der Waals surface area contributed by atoms with Gasteiger partial charge in [-0.1, -0.05) is 13.3 Å². The molecule has 0 bridgehead atoms. The number of nitrogens with zero attached hydrogens (tertiary/aromatic N) is 1. The number of morpholine rings is 1. The van der Waals surface area contributed by atoms with Crippen molar-refractivity contribution in [3.63, 3.8) is 0 Å². The predicted octanol–water partition coefficient (Wildman–Crippen LogP) is 0.529. The molecule has 0 aromatic carbocycles. The third-order valence-corrected chi connectivity index (χ3v) is 2.88. The Bertz CT molecular complexity index is 264. The van der Waals surface area contributed by atoms with Crippen LogP contribution in [0.4, 0.5) is 4.79 Å². The van der Waals surface area contributed by atoms with Crippen LogP contribution >= 0.6 is 0 Å². The molecule has 98 valence electrons. The summed E-state index contributed by atoms with van der Waals surface area (Å²) in [7, 11) is 0. The maximum Gasteiger partial charge on any atom is 0.317 e. The molecule has 6 heteroatoms. The van der Waals surface area contributed by atoms with Crippen molar-refractivity contribution in [1.82, 2.24) is 10.2 Å². The van der Waals surface area contributed by atoms with Gasteiger partial charge in [-0.2, -0.15) is 0 Å². The molecule has 0 aromatic rings. The van der Waals surface area contributed by atoms with Crippen molar-refractivity contribution in [2.75, 3.05) is 32.8 Å². The van der Waals surface area contributed by atoms with E-state index in [0.29, 0.717) is 32.8 Å². The van der Waals surface area contributed by atoms with Gasteiger partial charge in [0.2, 0.25) is 0 Å². The third kappa shape index (κ3) is 5.04. The second kappa shape index (κ2) is 7.11. The number of carbonyl (C=O) groups excluding carboxylic acids is 1. The predicted molar refractivity (Wildman–Crippen MR) is 61.8 cm³/mol. The molecule has 1 saturated heterocycles. The lowest BCUT2D eigenvalue weighted by atomic mass is 10.0. The van der Waals surface area contributed by atoms with Crippen molar-refractivity contribution < 1.29 is 19.4 Å². The molecule has 6 nitrogen and oxygen atoms in total. The summed E-state index contributed by atoms with van der Waals surface area (Å²) in [6.45, 7) is 4.68. The molecule has 0 spiro atoms. The summed E-state index contributed by atoms with van der Waals surface area (Å²) in [5, 5.41) is 11.5. The summed E-state index contributed by atoms with van der Waals surface area (Å²) < 4.78 is 5.15. The van der Waals surface area contributed by atoms with E-state index in [1.165, 1.54) is 0 Å². The second-order valence-electron chi connectivity index (χ2n) is 4.16. The molecule has 2 N–H and O–H groups in total. The average molecular weight is 244 g/mol. The molecule has 0 saturated carbocycles. The number of hydrogen-bond acceptors (Lipinski definition) is 3. The number of hydrogen-bond donors (Lipinski definition) is 2. The van der Waals surface area contributed by atoms with E-state index in [9.17, 15) is 9.59 Å². The van der Waals surface area contributed by atoms with E-state index >= 15 is 0 Å². The SMILES string of the molecule is CCC(CNC(=O)N1CCOCC1)CC(=O)O. The number of ether oxygens (including phenoxy) is 1. The molecule has 1 fully saturated rings. The molecule has 1 aliphatic rings. The number of carboxylic acids is 1. The zero-order valence-corrected chi connectivity index (χ0v) is 10.1. The molecule has 1 heterocycles. The normalized spacial score (nSPS) is 17.6. The number of rotatable bonds is 5. The lowest BCUT2D eigenvalue weighted by Gasteiger charge is -2.27. The number of aliphatic carboxylic acids is 1. The first-order valence-corrected chi connectivity index (χ1v) is 5.95. The molecule has 17 heavy (non-hydrogen) atoms. The highest BCUT2D eigenvalue weighted by molar-refractivity contribution is 5.74. The lowest BCUT2D eigenvalue weighted by Crippen LogP contribution is -2.47. The van der Waals surface area contributed by atoms with Crippen LogP contribution in [0.5, 0.6) is 0 Å². The van der Waals surface area contributed by atoms with Gasteiger partial charge in [0.1, 0.15) is 0 Å². The maximum absolute atomic E-state index is 11.7. The summed E-state index contributed by atoms with van der Waals surface area (Å²) in [6, 6.07) is -0.128. The van der Waals surface area contributed by atoms with Crippen LogP contribution < -0.4 is 5.32 Å². The minimum atomic E-state index is -0.822. The summed E-state index contributed by atoms with van der Waals surface area (Å²) in [5.74, 6) is -0.824. The van der Waals surface area contributed by atoms with Crippen molar-refractivity contribution in [1.29, 1.82) is 0 Å². The van der Waals surface area contributed by atoms with Gasteiger partial charge < -0.3 is 20.1 Å². The number of carboxylic acid groups (broad SMARTS) is 1. The number of amides is 2. The quantitative estimate of drug-likeness (QED) is 0.739. The Morgan fingerprint density at radius 1 is 1.41 bits per heavy atom. The van der Waals surface area contributed by atoms with Gasteiger partial charge in [-0.15, -0.1) is 0 Å². The van der Waals surface area contributed by atoms with E-state index in [2.05, 4.69) is 5.32 Å². The average Bonchev–Trinajstić information content (AvgIpc) is 2.34. The fraction of sp³-hybridized carbons (Fsp3) is 0.818. The minimum Gasteiger partial charge on any atom is -0.481 e. The molecule has 0 radical (unpaired) electrons. The molecule has 1 rings (SSSR count). The zero-order chi connectivity index (χ0) is 12.7. The van der Waals surface area contributed by atoms with Gasteiger partial charge in [0.15, 0.2) is 0 Å². The van der Waals surface area contributed by atoms with Crippen molar-refractivity contribution >= 4 is 12.0 Å². The monoisotopic (exact) mass is 244 g/mol. The van der Waals surface area contributed by atoms with E-state index in [1.54, 1.807) is 4.90 Å². The van der Waals surface area contributed by atoms with Crippen LogP contribution in [0.3, 0.4) is 0 Å². The van der Waals surface area contributed by atoms with Gasteiger partial charge in [0.05, 0.1) is 13.2 Å². The van der Waals surface area contributed by atoms with E-state index in [4.69, 9.17) is 9.84 Å².